The Morgan fingerprint density at radius 1 is 0.418 bits per heavy atom. The summed E-state index contributed by atoms with van der Waals surface area (Å²) in [5, 5.41) is 14.6. The number of hydrogen-bond donors (Lipinski definition) is 0. The molecule has 67 heavy (non-hydrogen) atoms. The average Bonchev–Trinajstić information content (AvgIpc) is 0.922. The first kappa shape index (κ1) is 24.9. The van der Waals surface area contributed by atoms with E-state index in [0.29, 0.717) is 44.2 Å². The molecule has 0 radical (unpaired) electrons. The van der Waals surface area contributed by atoms with Gasteiger partial charge >= 0.3 is 0 Å². The topological polar surface area (TPSA) is 51.8 Å². The summed E-state index contributed by atoms with van der Waals surface area (Å²) in [7, 11) is 0. The van der Waals surface area contributed by atoms with Crippen LogP contribution in [-0.4, -0.2) is 15.4 Å². The lowest BCUT2D eigenvalue weighted by Crippen LogP contribution is -2.16. The molecule has 2 fully saturated rings. The molecule has 4 atom stereocenters. The van der Waals surface area contributed by atoms with Crippen molar-refractivity contribution in [3.63, 3.8) is 0 Å². The summed E-state index contributed by atoms with van der Waals surface area (Å²) in [5.41, 5.74) is 0.429. The van der Waals surface area contributed by atoms with Crippen molar-refractivity contribution in [3.05, 3.63) is 199 Å². The fraction of sp³-hybridized carbons (Fsp3) is 0.190. The molecule has 0 aliphatic heterocycles. The monoisotopic (exact) mass is 888 g/mol. The van der Waals surface area contributed by atoms with Gasteiger partial charge in [0.05, 0.1) is 0 Å². The molecule has 2 aliphatic carbocycles. The predicted molar refractivity (Wildman–Crippen MR) is 277 cm³/mol. The fourth-order valence-corrected chi connectivity index (χ4v) is 9.42. The van der Waals surface area contributed by atoms with Gasteiger partial charge in [-0.1, -0.05) is 202 Å². The second kappa shape index (κ2) is 18.1. The van der Waals surface area contributed by atoms with Gasteiger partial charge in [0, 0.05) is 66.0 Å². The van der Waals surface area contributed by atoms with Gasteiger partial charge in [0.15, 0.2) is 0 Å². The molecule has 326 valence electrons. The van der Waals surface area contributed by atoms with Crippen LogP contribution < -0.4 is 0 Å². The van der Waals surface area contributed by atoms with Crippen molar-refractivity contribution in [1.29, 1.82) is 0 Å². The summed E-state index contributed by atoms with van der Waals surface area (Å²) in [5.74, 6) is -7.98. The van der Waals surface area contributed by atoms with Crippen molar-refractivity contribution < 1.29 is 31.8 Å². The molecule has 4 heteroatoms. The molecule has 2 saturated carbocycles. The molecule has 0 spiro atoms. The molecular weight excluding hydrogens is 815 g/mol. The highest BCUT2D eigenvalue weighted by molar-refractivity contribution is 6.20. The molecule has 0 amide bonds. The van der Waals surface area contributed by atoms with E-state index in [0.717, 1.165) is 11.6 Å². The zero-order chi connectivity index (χ0) is 62.5. The maximum atomic E-state index is 11.2. The highest BCUT2D eigenvalue weighted by Crippen LogP contribution is 2.57. The van der Waals surface area contributed by atoms with Crippen LogP contribution in [0.4, 0.5) is 0 Å². The Hall–Kier alpha value is -7.43. The van der Waals surface area contributed by atoms with Crippen LogP contribution in [0.2, 0.25) is 0 Å². The number of nitrogens with zero attached hydrogens (tertiary/aromatic N) is 3. The third-order valence-corrected chi connectivity index (χ3v) is 12.3. The fourth-order valence-electron chi connectivity index (χ4n) is 9.42. The highest BCUT2D eigenvalue weighted by Gasteiger charge is 2.35. The largest absolute Gasteiger partial charge is 0.456 e. The zero-order valence-electron chi connectivity index (χ0n) is 55.8. The lowest BCUT2D eigenvalue weighted by Gasteiger charge is -2.35. The van der Waals surface area contributed by atoms with Gasteiger partial charge in [0.2, 0.25) is 0 Å². The number of fused-ring (bicyclic) bond motifs is 3. The lowest BCUT2D eigenvalue weighted by molar-refractivity contribution is 0.419. The summed E-state index contributed by atoms with van der Waals surface area (Å²) in [6, 6.07) is 53.3. The summed E-state index contributed by atoms with van der Waals surface area (Å²) in [4.78, 5) is 0. The zero-order valence-corrected chi connectivity index (χ0v) is 35.8. The van der Waals surface area contributed by atoms with Crippen LogP contribution in [0.1, 0.15) is 114 Å². The second-order valence-electron chi connectivity index (χ2n) is 16.1. The molecule has 2 aliphatic rings. The SMILES string of the molecule is [2H]C1C([2H])([2H])C([2H])([2H])C([2H])([2H])C([2H])([2H])C1([2H])c1cc(-c2ccccc2)c(-c2c(-c3ccccc3-c3ccccc3)ccc3oc4ccccc4c23)c(-c2nnnc(-c3ccccc3)c2-c2ccccc2)c1C1([2H])C([2H])C([2H])([2H])C([2H])([2H])C([2H])([2H])C1([2H])[2H]. The first-order valence-corrected chi connectivity index (χ1v) is 21.9. The Kier molecular flexibility index (Phi) is 6.73. The molecule has 4 unspecified atom stereocenters. The molecule has 0 N–H and O–H groups in total. The molecule has 8 aromatic carbocycles. The first-order chi connectivity index (χ1) is 40.9. The van der Waals surface area contributed by atoms with Crippen LogP contribution in [-0.2, 0) is 0 Å². The Morgan fingerprint density at radius 2 is 0.985 bits per heavy atom. The Morgan fingerprint density at radius 3 is 1.70 bits per heavy atom. The van der Waals surface area contributed by atoms with Crippen LogP contribution >= 0.6 is 0 Å². The van der Waals surface area contributed by atoms with Crippen molar-refractivity contribution in [2.45, 2.75) is 75.6 Å². The second-order valence-corrected chi connectivity index (χ2v) is 16.1. The first-order valence-electron chi connectivity index (χ1n) is 32.1. The van der Waals surface area contributed by atoms with Crippen LogP contribution in [0.3, 0.4) is 0 Å². The maximum absolute atomic E-state index is 11.2. The third kappa shape index (κ3) is 7.55. The van der Waals surface area contributed by atoms with Gasteiger partial charge in [0.1, 0.15) is 22.6 Å². The van der Waals surface area contributed by atoms with Gasteiger partial charge in [-0.3, -0.25) is 0 Å². The molecule has 2 heterocycles. The minimum absolute atomic E-state index is 0.0175. The molecule has 12 rings (SSSR count). The Labute approximate surface area is 421 Å². The Balaban J connectivity index is 1.47. The maximum Gasteiger partial charge on any atom is 0.136 e. The molecule has 4 nitrogen and oxygen atoms in total. The minimum atomic E-state index is -4.22. The van der Waals surface area contributed by atoms with E-state index in [9.17, 15) is 21.9 Å². The van der Waals surface area contributed by atoms with E-state index in [-0.39, 0.29) is 39.1 Å². The van der Waals surface area contributed by atoms with Crippen LogP contribution in [0.25, 0.3) is 100 Å². The van der Waals surface area contributed by atoms with E-state index in [1.807, 2.05) is 48.5 Å². The van der Waals surface area contributed by atoms with Gasteiger partial charge < -0.3 is 4.42 Å². The number of furan rings is 1. The van der Waals surface area contributed by atoms with Gasteiger partial charge in [-0.15, -0.1) is 10.2 Å². The van der Waals surface area contributed by atoms with Crippen LogP contribution in [0.15, 0.2) is 192 Å². The molecular formula is C63H53N3O. The average molecular weight is 888 g/mol. The number of para-hydroxylation sites is 1. The number of hydrogen-bond acceptors (Lipinski definition) is 4. The van der Waals surface area contributed by atoms with E-state index in [2.05, 4.69) is 10.3 Å². The van der Waals surface area contributed by atoms with Gasteiger partial charge in [-0.25, -0.2) is 0 Å². The highest BCUT2D eigenvalue weighted by atomic mass is 16.3. The van der Waals surface area contributed by atoms with E-state index in [1.54, 1.807) is 133 Å². The minimum Gasteiger partial charge on any atom is -0.456 e. The van der Waals surface area contributed by atoms with E-state index in [1.165, 1.54) is 0 Å². The quantitative estimate of drug-likeness (QED) is 0.145. The number of benzene rings is 8. The predicted octanol–water partition coefficient (Wildman–Crippen LogP) is 17.5. The standard InChI is InChI=1S/C63H53N3O/c1-7-23-42(24-8-1)48-35-19-20-36-49(48)50-39-40-55-58(51-37-21-22-38-54(51)67-55)59(50)60-53(44-27-11-3-12-28-44)41-52(43-25-9-2-10-26-43)56(45-29-13-4-14-30-45)61(60)63-57(46-31-15-5-16-32-46)62(64-66-65-63)47-33-17-6-18-34-47/h1,3,5-8,11-12,15-24,27-28,31-41,43,45H,2,4,9-10,13-14,25-26,29-30H2/i2D2,4D2,9D2,10D2,13D2,14D2,25D,26D2,29D,30D2,43D,45D. The smallest absolute Gasteiger partial charge is 0.136 e. The summed E-state index contributed by atoms with van der Waals surface area (Å²) < 4.78 is 201. The summed E-state index contributed by atoms with van der Waals surface area (Å²) in [6.07, 6.45) is -38.6. The van der Waals surface area contributed by atoms with Gasteiger partial charge in [-0.05, 0) is 117 Å². The normalized spacial score (nSPS) is 31.2. The molecule has 0 saturated heterocycles. The van der Waals surface area contributed by atoms with Crippen molar-refractivity contribution in [2.24, 2.45) is 0 Å². The summed E-state index contributed by atoms with van der Waals surface area (Å²) >= 11 is 0. The summed E-state index contributed by atoms with van der Waals surface area (Å²) in [6.45, 7) is 0. The molecule has 2 aromatic heterocycles. The van der Waals surface area contributed by atoms with E-state index >= 15 is 0 Å². The Bertz CT molecular complexity index is 4340. The van der Waals surface area contributed by atoms with Crippen LogP contribution in [0.5, 0.6) is 0 Å². The van der Waals surface area contributed by atoms with Crippen molar-refractivity contribution in [3.8, 4) is 78.1 Å². The molecule has 0 bridgehead atoms. The third-order valence-electron chi connectivity index (χ3n) is 12.3. The lowest BCUT2D eigenvalue weighted by atomic mass is 9.69. The van der Waals surface area contributed by atoms with Gasteiger partial charge in [0.25, 0.3) is 0 Å². The van der Waals surface area contributed by atoms with Gasteiger partial charge in [-0.2, -0.15) is 0 Å². The van der Waals surface area contributed by atoms with E-state index < -0.39 is 97.9 Å². The van der Waals surface area contributed by atoms with E-state index in [4.69, 9.17) is 15.0 Å². The van der Waals surface area contributed by atoms with Crippen molar-refractivity contribution >= 4 is 21.9 Å². The van der Waals surface area contributed by atoms with Crippen molar-refractivity contribution in [1.82, 2.24) is 15.4 Å². The van der Waals surface area contributed by atoms with Crippen LogP contribution in [0, 0.1) is 0 Å². The van der Waals surface area contributed by atoms with Crippen molar-refractivity contribution in [2.75, 3.05) is 0 Å². The number of aromatic nitrogens is 3. The number of rotatable bonds is 9. The molecule has 10 aromatic rings.